The van der Waals surface area contributed by atoms with Crippen LogP contribution in [0.4, 0.5) is 5.69 Å². The number of anilines is 1. The van der Waals surface area contributed by atoms with Crippen molar-refractivity contribution in [3.05, 3.63) is 40.5 Å². The number of fused-ring (bicyclic) bond motifs is 1. The number of hydrogen-bond donors (Lipinski definition) is 0. The van der Waals surface area contributed by atoms with Crippen molar-refractivity contribution in [2.45, 2.75) is 10.6 Å². The second-order valence-electron chi connectivity index (χ2n) is 3.89. The van der Waals surface area contributed by atoms with Crippen LogP contribution in [0.1, 0.15) is 5.56 Å². The van der Waals surface area contributed by atoms with E-state index in [1.165, 1.54) is 4.31 Å². The summed E-state index contributed by atoms with van der Waals surface area (Å²) in [6, 6.07) is 4.87. The van der Waals surface area contributed by atoms with E-state index in [0.29, 0.717) is 17.3 Å². The molecule has 1 aliphatic rings. The molecule has 3 rings (SSSR count). The molecule has 4 nitrogen and oxygen atoms in total. The standard InChI is InChI=1S/C11H9ClN2O2S2/c12-10-1-2-11(17-10)18(15,16)14-6-4-8-7-13-5-3-9(8)14/h1-3,5,7H,4,6H2. The minimum Gasteiger partial charge on any atom is -0.265 e. The van der Waals surface area contributed by atoms with Crippen LogP contribution in [0.15, 0.2) is 34.8 Å². The number of halogens is 1. The SMILES string of the molecule is O=S(=O)(c1ccc(Cl)s1)N1CCc2cnccc21. The molecule has 1 aliphatic heterocycles. The summed E-state index contributed by atoms with van der Waals surface area (Å²) < 4.78 is 27.1. The van der Waals surface area contributed by atoms with Crippen LogP contribution in [0.25, 0.3) is 0 Å². The molecule has 0 spiro atoms. The molecule has 7 heteroatoms. The van der Waals surface area contributed by atoms with E-state index in [1.807, 2.05) is 0 Å². The number of sulfonamides is 1. The fourth-order valence-electron chi connectivity index (χ4n) is 1.99. The Morgan fingerprint density at radius 1 is 1.33 bits per heavy atom. The van der Waals surface area contributed by atoms with Crippen molar-refractivity contribution in [1.82, 2.24) is 4.98 Å². The smallest absolute Gasteiger partial charge is 0.265 e. The summed E-state index contributed by atoms with van der Waals surface area (Å²) in [4.78, 5) is 4.01. The molecule has 0 aromatic carbocycles. The number of pyridine rings is 1. The first kappa shape index (κ1) is 12.0. The molecule has 0 fully saturated rings. The van der Waals surface area contributed by atoms with Gasteiger partial charge in [-0.15, -0.1) is 11.3 Å². The zero-order valence-corrected chi connectivity index (χ0v) is 11.6. The Morgan fingerprint density at radius 3 is 2.89 bits per heavy atom. The van der Waals surface area contributed by atoms with E-state index >= 15 is 0 Å². The largest absolute Gasteiger partial charge is 0.273 e. The minimum atomic E-state index is -3.49. The van der Waals surface area contributed by atoms with Crippen molar-refractivity contribution >= 4 is 38.6 Å². The van der Waals surface area contributed by atoms with Crippen molar-refractivity contribution in [3.8, 4) is 0 Å². The third-order valence-corrected chi connectivity index (χ3v) is 6.34. The highest BCUT2D eigenvalue weighted by atomic mass is 35.5. The lowest BCUT2D eigenvalue weighted by molar-refractivity contribution is 0.594. The van der Waals surface area contributed by atoms with E-state index in [0.717, 1.165) is 22.6 Å². The van der Waals surface area contributed by atoms with Gasteiger partial charge in [-0.25, -0.2) is 8.42 Å². The number of nitrogens with zero attached hydrogens (tertiary/aromatic N) is 2. The van der Waals surface area contributed by atoms with E-state index in [9.17, 15) is 8.42 Å². The number of aromatic nitrogens is 1. The summed E-state index contributed by atoms with van der Waals surface area (Å²) in [7, 11) is -3.49. The highest BCUT2D eigenvalue weighted by Crippen LogP contribution is 2.35. The molecule has 0 bridgehead atoms. The topological polar surface area (TPSA) is 50.3 Å². The Bertz CT molecular complexity index is 697. The van der Waals surface area contributed by atoms with Crippen molar-refractivity contribution in [1.29, 1.82) is 0 Å². The number of thiophene rings is 1. The molecule has 0 saturated heterocycles. The first-order valence-electron chi connectivity index (χ1n) is 5.30. The molecule has 0 amide bonds. The summed E-state index contributed by atoms with van der Waals surface area (Å²) in [5, 5.41) is 0. The van der Waals surface area contributed by atoms with Gasteiger partial charge >= 0.3 is 0 Å². The lowest BCUT2D eigenvalue weighted by Gasteiger charge is -2.17. The molecule has 18 heavy (non-hydrogen) atoms. The second-order valence-corrected chi connectivity index (χ2v) is 7.69. The molecule has 2 aromatic heterocycles. The maximum absolute atomic E-state index is 12.5. The van der Waals surface area contributed by atoms with Crippen LogP contribution in [0, 0.1) is 0 Å². The van der Waals surface area contributed by atoms with Crippen LogP contribution in [0.2, 0.25) is 4.34 Å². The average molecular weight is 301 g/mol. The van der Waals surface area contributed by atoms with E-state index in [4.69, 9.17) is 11.6 Å². The molecule has 2 aromatic rings. The van der Waals surface area contributed by atoms with Gasteiger partial charge in [0.1, 0.15) is 4.21 Å². The van der Waals surface area contributed by atoms with Crippen molar-refractivity contribution in [2.75, 3.05) is 10.8 Å². The Morgan fingerprint density at radius 2 is 2.17 bits per heavy atom. The van der Waals surface area contributed by atoms with Gasteiger partial charge in [0, 0.05) is 18.9 Å². The molecule has 94 valence electrons. The molecule has 0 aliphatic carbocycles. The lowest BCUT2D eigenvalue weighted by atomic mass is 10.2. The Kier molecular flexibility index (Phi) is 2.80. The highest BCUT2D eigenvalue weighted by molar-refractivity contribution is 7.94. The Labute approximate surface area is 114 Å². The van der Waals surface area contributed by atoms with Crippen LogP contribution in [-0.2, 0) is 16.4 Å². The molecular formula is C11H9ClN2O2S2. The minimum absolute atomic E-state index is 0.275. The van der Waals surface area contributed by atoms with Crippen LogP contribution >= 0.6 is 22.9 Å². The molecule has 0 atom stereocenters. The van der Waals surface area contributed by atoms with Gasteiger partial charge in [-0.3, -0.25) is 9.29 Å². The molecule has 0 N–H and O–H groups in total. The van der Waals surface area contributed by atoms with Gasteiger partial charge in [0.05, 0.1) is 10.0 Å². The quantitative estimate of drug-likeness (QED) is 0.856. The van der Waals surface area contributed by atoms with Crippen molar-refractivity contribution in [2.24, 2.45) is 0 Å². The van der Waals surface area contributed by atoms with Gasteiger partial charge in [-0.2, -0.15) is 0 Å². The first-order valence-corrected chi connectivity index (χ1v) is 7.93. The normalized spacial score (nSPS) is 14.8. The van der Waals surface area contributed by atoms with E-state index in [-0.39, 0.29) is 4.21 Å². The fraction of sp³-hybridized carbons (Fsp3) is 0.182. The molecule has 0 unspecified atom stereocenters. The molecule has 3 heterocycles. The van der Waals surface area contributed by atoms with Gasteiger partial charge in [-0.05, 0) is 30.2 Å². The van der Waals surface area contributed by atoms with Crippen molar-refractivity contribution in [3.63, 3.8) is 0 Å². The fourth-order valence-corrected chi connectivity index (χ4v) is 5.09. The van der Waals surface area contributed by atoms with Crippen LogP contribution < -0.4 is 4.31 Å². The zero-order chi connectivity index (χ0) is 12.8. The monoisotopic (exact) mass is 300 g/mol. The third-order valence-electron chi connectivity index (χ3n) is 2.82. The highest BCUT2D eigenvalue weighted by Gasteiger charge is 2.31. The first-order chi connectivity index (χ1) is 8.59. The maximum Gasteiger partial charge on any atom is 0.273 e. The predicted octanol–water partition coefficient (Wildman–Crippen LogP) is 2.55. The van der Waals surface area contributed by atoms with Gasteiger partial charge in [0.15, 0.2) is 0 Å². The summed E-state index contributed by atoms with van der Waals surface area (Å²) in [5.74, 6) is 0. The molecule has 0 radical (unpaired) electrons. The predicted molar refractivity (Wildman–Crippen MR) is 71.8 cm³/mol. The second kappa shape index (κ2) is 4.22. The molecular weight excluding hydrogens is 292 g/mol. The van der Waals surface area contributed by atoms with Crippen molar-refractivity contribution < 1.29 is 8.42 Å². The van der Waals surface area contributed by atoms with E-state index < -0.39 is 10.0 Å². The number of hydrogen-bond acceptors (Lipinski definition) is 4. The van der Waals surface area contributed by atoms with E-state index in [2.05, 4.69) is 4.98 Å². The van der Waals surface area contributed by atoms with Gasteiger partial charge < -0.3 is 0 Å². The third kappa shape index (κ3) is 1.81. The van der Waals surface area contributed by atoms with Gasteiger partial charge in [0.25, 0.3) is 10.0 Å². The summed E-state index contributed by atoms with van der Waals surface area (Å²) in [5.41, 5.74) is 1.68. The van der Waals surface area contributed by atoms with E-state index in [1.54, 1.807) is 30.6 Å². The lowest BCUT2D eigenvalue weighted by Crippen LogP contribution is -2.28. The maximum atomic E-state index is 12.5. The Hall–Kier alpha value is -1.11. The Balaban J connectivity index is 2.07. The van der Waals surface area contributed by atoms with Gasteiger partial charge in [-0.1, -0.05) is 11.6 Å². The average Bonchev–Trinajstić information content (AvgIpc) is 2.95. The van der Waals surface area contributed by atoms with Crippen LogP contribution in [-0.4, -0.2) is 19.9 Å². The number of rotatable bonds is 2. The zero-order valence-electron chi connectivity index (χ0n) is 9.21. The van der Waals surface area contributed by atoms with Crippen LogP contribution in [0.5, 0.6) is 0 Å². The summed E-state index contributed by atoms with van der Waals surface area (Å²) in [6.07, 6.45) is 4.02. The summed E-state index contributed by atoms with van der Waals surface area (Å²) >= 11 is 6.88. The molecule has 0 saturated carbocycles. The van der Waals surface area contributed by atoms with Gasteiger partial charge in [0.2, 0.25) is 0 Å². The van der Waals surface area contributed by atoms with Crippen LogP contribution in [0.3, 0.4) is 0 Å². The summed E-state index contributed by atoms with van der Waals surface area (Å²) in [6.45, 7) is 0.457.